The average molecular weight is 227 g/mol. The molecule has 0 saturated heterocycles. The van der Waals surface area contributed by atoms with Crippen LogP contribution in [0.2, 0.25) is 0 Å². The Morgan fingerprint density at radius 1 is 1.38 bits per heavy atom. The van der Waals surface area contributed by atoms with Gasteiger partial charge in [0.1, 0.15) is 6.10 Å². The third-order valence-electron chi connectivity index (χ3n) is 3.06. The number of esters is 1. The summed E-state index contributed by atoms with van der Waals surface area (Å²) in [6.07, 6.45) is 5.38. The lowest BCUT2D eigenvalue weighted by Gasteiger charge is -2.25. The van der Waals surface area contributed by atoms with Crippen LogP contribution in [0.4, 0.5) is 0 Å². The van der Waals surface area contributed by atoms with Crippen molar-refractivity contribution in [2.45, 2.75) is 59.0 Å². The van der Waals surface area contributed by atoms with Crippen molar-refractivity contribution < 1.29 is 9.53 Å². The first kappa shape index (κ1) is 13.5. The van der Waals surface area contributed by atoms with Crippen LogP contribution < -0.4 is 5.73 Å². The van der Waals surface area contributed by atoms with Gasteiger partial charge in [0.05, 0.1) is 5.92 Å². The van der Waals surface area contributed by atoms with Gasteiger partial charge in [0.25, 0.3) is 0 Å². The molecule has 3 heteroatoms. The molecule has 1 fully saturated rings. The molecule has 0 aromatic heterocycles. The van der Waals surface area contributed by atoms with Crippen LogP contribution in [0, 0.1) is 11.3 Å². The van der Waals surface area contributed by atoms with E-state index in [0.29, 0.717) is 6.54 Å². The molecule has 0 radical (unpaired) electrons. The molecule has 0 heterocycles. The summed E-state index contributed by atoms with van der Waals surface area (Å²) in [4.78, 5) is 11.9. The zero-order valence-corrected chi connectivity index (χ0v) is 10.8. The van der Waals surface area contributed by atoms with Gasteiger partial charge in [0, 0.05) is 6.54 Å². The molecule has 0 amide bonds. The molecule has 1 unspecified atom stereocenters. The van der Waals surface area contributed by atoms with Crippen molar-refractivity contribution in [3.63, 3.8) is 0 Å². The van der Waals surface area contributed by atoms with Gasteiger partial charge in [-0.15, -0.1) is 0 Å². The Morgan fingerprint density at radius 3 is 2.38 bits per heavy atom. The maximum atomic E-state index is 11.9. The molecule has 94 valence electrons. The van der Waals surface area contributed by atoms with Crippen LogP contribution in [0.1, 0.15) is 52.9 Å². The lowest BCUT2D eigenvalue weighted by molar-refractivity contribution is -0.154. The molecule has 0 bridgehead atoms. The Labute approximate surface area is 98.7 Å². The van der Waals surface area contributed by atoms with E-state index in [1.165, 1.54) is 12.8 Å². The highest BCUT2D eigenvalue weighted by Gasteiger charge is 2.28. The van der Waals surface area contributed by atoms with Crippen molar-refractivity contribution in [3.05, 3.63) is 0 Å². The second-order valence-corrected chi connectivity index (χ2v) is 6.04. The van der Waals surface area contributed by atoms with Crippen molar-refractivity contribution in [1.82, 2.24) is 0 Å². The number of hydrogen-bond donors (Lipinski definition) is 1. The number of ether oxygens (including phenoxy) is 1. The molecular formula is C13H25NO2. The third-order valence-corrected chi connectivity index (χ3v) is 3.06. The molecule has 1 rings (SSSR count). The zero-order valence-electron chi connectivity index (χ0n) is 10.8. The fourth-order valence-electron chi connectivity index (χ4n) is 2.27. The second kappa shape index (κ2) is 5.67. The molecule has 0 aliphatic heterocycles. The zero-order chi connectivity index (χ0) is 12.2. The van der Waals surface area contributed by atoms with E-state index < -0.39 is 0 Å². The van der Waals surface area contributed by atoms with Gasteiger partial charge in [-0.1, -0.05) is 20.8 Å². The Balaban J connectivity index is 2.42. The second-order valence-electron chi connectivity index (χ2n) is 6.04. The minimum absolute atomic E-state index is 0.0932. The first-order chi connectivity index (χ1) is 7.42. The van der Waals surface area contributed by atoms with Gasteiger partial charge < -0.3 is 10.5 Å². The summed E-state index contributed by atoms with van der Waals surface area (Å²) >= 11 is 0. The van der Waals surface area contributed by atoms with Gasteiger partial charge in [0.15, 0.2) is 0 Å². The van der Waals surface area contributed by atoms with Gasteiger partial charge in [-0.05, 0) is 37.5 Å². The normalized spacial score (nSPS) is 19.8. The Hall–Kier alpha value is -0.570. The molecule has 3 nitrogen and oxygen atoms in total. The van der Waals surface area contributed by atoms with Crippen LogP contribution in [0.15, 0.2) is 0 Å². The molecule has 1 atom stereocenters. The lowest BCUT2D eigenvalue weighted by Crippen LogP contribution is -2.31. The summed E-state index contributed by atoms with van der Waals surface area (Å²) in [5, 5.41) is 0. The Morgan fingerprint density at radius 2 is 1.94 bits per heavy atom. The highest BCUT2D eigenvalue weighted by molar-refractivity contribution is 5.73. The van der Waals surface area contributed by atoms with Gasteiger partial charge >= 0.3 is 5.97 Å². The van der Waals surface area contributed by atoms with Gasteiger partial charge in [-0.3, -0.25) is 4.79 Å². The summed E-state index contributed by atoms with van der Waals surface area (Å²) in [6.45, 7) is 6.76. The minimum atomic E-state index is -0.138. The van der Waals surface area contributed by atoms with E-state index in [-0.39, 0.29) is 23.4 Å². The van der Waals surface area contributed by atoms with E-state index in [2.05, 4.69) is 20.8 Å². The fourth-order valence-corrected chi connectivity index (χ4v) is 2.27. The summed E-state index contributed by atoms with van der Waals surface area (Å²) in [6, 6.07) is 0. The topological polar surface area (TPSA) is 52.3 Å². The maximum absolute atomic E-state index is 11.9. The van der Waals surface area contributed by atoms with Gasteiger partial charge in [-0.2, -0.15) is 0 Å². The predicted molar refractivity (Wildman–Crippen MR) is 65.0 cm³/mol. The standard InChI is InChI=1S/C13H25NO2/c1-13(2,3)8-10(9-14)12(15)16-11-6-4-5-7-11/h10-11H,4-9,14H2,1-3H3. The summed E-state index contributed by atoms with van der Waals surface area (Å²) < 4.78 is 5.49. The van der Waals surface area contributed by atoms with Crippen LogP contribution >= 0.6 is 0 Å². The highest BCUT2D eigenvalue weighted by atomic mass is 16.5. The van der Waals surface area contributed by atoms with Crippen molar-refractivity contribution in [2.75, 3.05) is 6.54 Å². The van der Waals surface area contributed by atoms with E-state index in [0.717, 1.165) is 19.3 Å². The van der Waals surface area contributed by atoms with E-state index in [9.17, 15) is 4.79 Å². The molecule has 1 aliphatic rings. The molecule has 0 aromatic rings. The third kappa shape index (κ3) is 4.52. The highest BCUT2D eigenvalue weighted by Crippen LogP contribution is 2.27. The first-order valence-electron chi connectivity index (χ1n) is 6.33. The van der Waals surface area contributed by atoms with Crippen molar-refractivity contribution in [3.8, 4) is 0 Å². The number of carbonyl (C=O) groups is 1. The largest absolute Gasteiger partial charge is 0.462 e. The smallest absolute Gasteiger partial charge is 0.310 e. The Bertz CT molecular complexity index is 227. The van der Waals surface area contributed by atoms with E-state index >= 15 is 0 Å². The fraction of sp³-hybridized carbons (Fsp3) is 0.923. The van der Waals surface area contributed by atoms with Gasteiger partial charge in [0.2, 0.25) is 0 Å². The number of nitrogens with two attached hydrogens (primary N) is 1. The lowest BCUT2D eigenvalue weighted by atomic mass is 9.84. The molecular weight excluding hydrogens is 202 g/mol. The average Bonchev–Trinajstić information content (AvgIpc) is 2.65. The van der Waals surface area contributed by atoms with Crippen LogP contribution in [-0.2, 0) is 9.53 Å². The SMILES string of the molecule is CC(C)(C)CC(CN)C(=O)OC1CCCC1. The summed E-state index contributed by atoms with van der Waals surface area (Å²) in [7, 11) is 0. The first-order valence-corrected chi connectivity index (χ1v) is 6.33. The van der Waals surface area contributed by atoms with Crippen molar-refractivity contribution >= 4 is 5.97 Å². The van der Waals surface area contributed by atoms with Crippen LogP contribution in [0.5, 0.6) is 0 Å². The van der Waals surface area contributed by atoms with Crippen LogP contribution in [0.25, 0.3) is 0 Å². The molecule has 0 aromatic carbocycles. The predicted octanol–water partition coefficient (Wildman–Crippen LogP) is 2.48. The summed E-state index contributed by atoms with van der Waals surface area (Å²) in [5.41, 5.74) is 5.78. The summed E-state index contributed by atoms with van der Waals surface area (Å²) in [5.74, 6) is -0.232. The van der Waals surface area contributed by atoms with Crippen LogP contribution in [0.3, 0.4) is 0 Å². The number of carbonyl (C=O) groups excluding carboxylic acids is 1. The molecule has 1 aliphatic carbocycles. The van der Waals surface area contributed by atoms with Gasteiger partial charge in [-0.25, -0.2) is 0 Å². The van der Waals surface area contributed by atoms with E-state index in [1.807, 2.05) is 0 Å². The molecule has 0 spiro atoms. The molecule has 2 N–H and O–H groups in total. The monoisotopic (exact) mass is 227 g/mol. The maximum Gasteiger partial charge on any atom is 0.310 e. The minimum Gasteiger partial charge on any atom is -0.462 e. The van der Waals surface area contributed by atoms with Crippen molar-refractivity contribution in [2.24, 2.45) is 17.1 Å². The number of rotatable bonds is 4. The Kier molecular flexibility index (Phi) is 4.78. The number of hydrogen-bond acceptors (Lipinski definition) is 3. The quantitative estimate of drug-likeness (QED) is 0.751. The molecule has 16 heavy (non-hydrogen) atoms. The van der Waals surface area contributed by atoms with Crippen LogP contribution in [-0.4, -0.2) is 18.6 Å². The van der Waals surface area contributed by atoms with E-state index in [1.54, 1.807) is 0 Å². The molecule has 1 saturated carbocycles. The van der Waals surface area contributed by atoms with Crippen molar-refractivity contribution in [1.29, 1.82) is 0 Å². The van der Waals surface area contributed by atoms with E-state index in [4.69, 9.17) is 10.5 Å².